The lowest BCUT2D eigenvalue weighted by Crippen LogP contribution is -2.43. The van der Waals surface area contributed by atoms with Crippen molar-refractivity contribution in [3.63, 3.8) is 0 Å². The van der Waals surface area contributed by atoms with E-state index in [1.165, 1.54) is 25.6 Å². The number of carbonyl (C=O) groups is 2. The van der Waals surface area contributed by atoms with Crippen LogP contribution in [0, 0.1) is 17.2 Å². The van der Waals surface area contributed by atoms with Crippen molar-refractivity contribution < 1.29 is 18.4 Å². The van der Waals surface area contributed by atoms with Crippen LogP contribution in [0.25, 0.3) is 33.6 Å². The Kier molecular flexibility index (Phi) is 4.29. The first-order valence-electron chi connectivity index (χ1n) is 11.9. The fraction of sp³-hybridized carbons (Fsp3) is 0.250. The van der Waals surface area contributed by atoms with Gasteiger partial charge in [-0.1, -0.05) is 23.7 Å². The Morgan fingerprint density at radius 3 is 2.56 bits per heavy atom. The molecule has 36 heavy (non-hydrogen) atoms. The van der Waals surface area contributed by atoms with Gasteiger partial charge in [-0.2, -0.15) is 0 Å². The molecule has 0 bridgehead atoms. The smallest absolute Gasteiger partial charge is 0.255 e. The molecule has 1 spiro atoms. The summed E-state index contributed by atoms with van der Waals surface area (Å²) in [5.41, 5.74) is 3.25. The molecule has 3 saturated carbocycles. The van der Waals surface area contributed by atoms with Crippen LogP contribution in [-0.4, -0.2) is 29.4 Å². The third-order valence-electron chi connectivity index (χ3n) is 8.26. The zero-order chi connectivity index (χ0) is 24.8. The number of aromatic nitrogens is 1. The number of amides is 2. The molecule has 8 heteroatoms. The van der Waals surface area contributed by atoms with Crippen LogP contribution in [0.1, 0.15) is 40.0 Å². The van der Waals surface area contributed by atoms with E-state index in [-0.39, 0.29) is 39.5 Å². The molecule has 2 amide bonds. The summed E-state index contributed by atoms with van der Waals surface area (Å²) in [6.45, 7) is 0. The molecule has 3 fully saturated rings. The normalized spacial score (nSPS) is 24.9. The first-order valence-corrected chi connectivity index (χ1v) is 12.3. The molecule has 2 heterocycles. The van der Waals surface area contributed by atoms with Crippen LogP contribution in [0.3, 0.4) is 0 Å². The summed E-state index contributed by atoms with van der Waals surface area (Å²) in [6.07, 6.45) is 3.43. The second kappa shape index (κ2) is 7.17. The first kappa shape index (κ1) is 21.6. The summed E-state index contributed by atoms with van der Waals surface area (Å²) < 4.78 is 19.4. The van der Waals surface area contributed by atoms with Crippen molar-refractivity contribution in [2.45, 2.75) is 24.8 Å². The molecular formula is C28H21ClFN3O3. The fourth-order valence-corrected chi connectivity index (χ4v) is 6.45. The molecule has 2 N–H and O–H groups in total. The van der Waals surface area contributed by atoms with Gasteiger partial charge in [-0.05, 0) is 78.6 Å². The molecule has 0 saturated heterocycles. The number of hydrogen-bond donors (Lipinski definition) is 2. The zero-order valence-corrected chi connectivity index (χ0v) is 20.1. The van der Waals surface area contributed by atoms with E-state index in [0.717, 1.165) is 18.8 Å². The lowest BCUT2D eigenvalue weighted by Gasteiger charge is -2.26. The van der Waals surface area contributed by atoms with E-state index >= 15 is 0 Å². The van der Waals surface area contributed by atoms with Crippen LogP contribution in [0.2, 0.25) is 5.15 Å². The topological polar surface area (TPSA) is 84.2 Å². The molecule has 3 aliphatic carbocycles. The van der Waals surface area contributed by atoms with E-state index in [9.17, 15) is 14.0 Å². The maximum atomic E-state index is 13.5. The summed E-state index contributed by atoms with van der Waals surface area (Å²) in [5.74, 6) is 0.235. The number of benzene rings is 2. The van der Waals surface area contributed by atoms with Crippen LogP contribution in [0.4, 0.5) is 4.39 Å². The summed E-state index contributed by atoms with van der Waals surface area (Å²) >= 11 is 6.56. The van der Waals surface area contributed by atoms with E-state index in [1.54, 1.807) is 30.3 Å². The van der Waals surface area contributed by atoms with Gasteiger partial charge in [0.25, 0.3) is 11.8 Å². The summed E-state index contributed by atoms with van der Waals surface area (Å²) in [7, 11) is 1.53. The van der Waals surface area contributed by atoms with Crippen LogP contribution in [0.5, 0.6) is 0 Å². The van der Waals surface area contributed by atoms with Crippen LogP contribution < -0.4 is 10.6 Å². The standard InChI is InChI=1S/C28H21ClFN3O3/c1-31-25(35)21-20-10-19(23(29)32-26(20)36-22(21)14-5-7-18(30)8-6-14)15-3-2-4-16(9-15)24(34)33-28-12-17-11-27(17,28)13-28/h2-10,17H,11-13H2,1H3,(H,31,35)(H,33,34). The predicted molar refractivity (Wildman–Crippen MR) is 133 cm³/mol. The van der Waals surface area contributed by atoms with Crippen LogP contribution in [0.15, 0.2) is 59.0 Å². The molecule has 0 radical (unpaired) electrons. The molecule has 2 aromatic heterocycles. The number of rotatable bonds is 5. The third kappa shape index (κ3) is 2.92. The number of furan rings is 1. The number of carbonyl (C=O) groups excluding carboxylic acids is 2. The van der Waals surface area contributed by atoms with Gasteiger partial charge in [-0.3, -0.25) is 9.59 Å². The lowest BCUT2D eigenvalue weighted by atomic mass is 9.92. The van der Waals surface area contributed by atoms with Crippen molar-refractivity contribution in [3.05, 3.63) is 76.7 Å². The highest BCUT2D eigenvalue weighted by Gasteiger charge is 2.89. The minimum Gasteiger partial charge on any atom is -0.437 e. The lowest BCUT2D eigenvalue weighted by molar-refractivity contribution is 0.0904. The third-order valence-corrected chi connectivity index (χ3v) is 8.55. The Morgan fingerprint density at radius 1 is 1.08 bits per heavy atom. The number of nitrogens with one attached hydrogen (secondary N) is 2. The predicted octanol–water partition coefficient (Wildman–Crippen LogP) is 5.60. The molecule has 3 unspecified atom stereocenters. The van der Waals surface area contributed by atoms with Gasteiger partial charge in [0, 0.05) is 29.3 Å². The van der Waals surface area contributed by atoms with Gasteiger partial charge in [0.1, 0.15) is 16.7 Å². The molecule has 3 aliphatic rings. The van der Waals surface area contributed by atoms with E-state index in [0.29, 0.717) is 33.1 Å². The van der Waals surface area contributed by atoms with Gasteiger partial charge >= 0.3 is 0 Å². The Bertz CT molecular complexity index is 1610. The van der Waals surface area contributed by atoms with E-state index in [1.807, 2.05) is 12.1 Å². The van der Waals surface area contributed by atoms with Gasteiger partial charge in [0.2, 0.25) is 5.71 Å². The fourth-order valence-electron chi connectivity index (χ4n) is 6.21. The molecule has 2 aromatic carbocycles. The minimum absolute atomic E-state index is 0.0127. The van der Waals surface area contributed by atoms with Crippen molar-refractivity contribution >= 4 is 34.5 Å². The average molecular weight is 502 g/mol. The second-order valence-electron chi connectivity index (χ2n) is 10.1. The molecular weight excluding hydrogens is 481 g/mol. The quantitative estimate of drug-likeness (QED) is 0.349. The van der Waals surface area contributed by atoms with E-state index in [4.69, 9.17) is 16.0 Å². The Morgan fingerprint density at radius 2 is 1.89 bits per heavy atom. The van der Waals surface area contributed by atoms with E-state index < -0.39 is 5.82 Å². The van der Waals surface area contributed by atoms with Crippen LogP contribution in [-0.2, 0) is 0 Å². The van der Waals surface area contributed by atoms with Gasteiger partial charge in [-0.25, -0.2) is 9.37 Å². The number of pyridine rings is 1. The monoisotopic (exact) mass is 501 g/mol. The van der Waals surface area contributed by atoms with E-state index in [2.05, 4.69) is 15.6 Å². The molecule has 7 rings (SSSR count). The van der Waals surface area contributed by atoms with Gasteiger partial charge in [0.15, 0.2) is 0 Å². The van der Waals surface area contributed by atoms with Crippen molar-refractivity contribution in [1.29, 1.82) is 0 Å². The Balaban J connectivity index is 1.29. The van der Waals surface area contributed by atoms with Crippen molar-refractivity contribution in [3.8, 4) is 22.5 Å². The summed E-state index contributed by atoms with van der Waals surface area (Å²) in [4.78, 5) is 30.3. The summed E-state index contributed by atoms with van der Waals surface area (Å²) in [6, 6.07) is 14.7. The Hall–Kier alpha value is -3.71. The van der Waals surface area contributed by atoms with Gasteiger partial charge in [0.05, 0.1) is 10.9 Å². The molecule has 0 aliphatic heterocycles. The number of nitrogens with zero attached hydrogens (tertiary/aromatic N) is 1. The molecule has 3 atom stereocenters. The molecule has 180 valence electrons. The zero-order valence-electron chi connectivity index (χ0n) is 19.3. The maximum absolute atomic E-state index is 13.5. The second-order valence-corrected chi connectivity index (χ2v) is 10.5. The number of fused-ring (bicyclic) bond motifs is 1. The highest BCUT2D eigenvalue weighted by Crippen LogP contribution is 2.89. The van der Waals surface area contributed by atoms with Crippen molar-refractivity contribution in [2.75, 3.05) is 7.05 Å². The summed E-state index contributed by atoms with van der Waals surface area (Å²) in [5, 5.41) is 6.55. The molecule has 4 aromatic rings. The van der Waals surface area contributed by atoms with Gasteiger partial charge < -0.3 is 15.1 Å². The highest BCUT2D eigenvalue weighted by atomic mass is 35.5. The van der Waals surface area contributed by atoms with Gasteiger partial charge in [-0.15, -0.1) is 0 Å². The number of hydrogen-bond acceptors (Lipinski definition) is 4. The highest BCUT2D eigenvalue weighted by molar-refractivity contribution is 6.32. The van der Waals surface area contributed by atoms with Crippen molar-refractivity contribution in [2.24, 2.45) is 11.3 Å². The largest absolute Gasteiger partial charge is 0.437 e. The average Bonchev–Trinajstić information content (AvgIpc) is 3.55. The van der Waals surface area contributed by atoms with Crippen LogP contribution >= 0.6 is 11.6 Å². The SMILES string of the molecule is CNC(=O)c1c(-c2ccc(F)cc2)oc2nc(Cl)c(-c3cccc(C(=O)NC45CC6CC64C5)c3)cc12. The Labute approximate surface area is 210 Å². The minimum atomic E-state index is -0.394. The maximum Gasteiger partial charge on any atom is 0.255 e. The van der Waals surface area contributed by atoms with Crippen molar-refractivity contribution in [1.82, 2.24) is 15.6 Å². The number of halogens is 2. The molecule has 6 nitrogen and oxygen atoms in total. The first-order chi connectivity index (χ1) is 17.3.